The minimum Gasteiger partial charge on any atom is -0.327 e. The maximum Gasteiger partial charge on any atom is 0.138 e. The van der Waals surface area contributed by atoms with Crippen LogP contribution in [0, 0.1) is 11.6 Å². The number of hydrogen-bond acceptors (Lipinski definition) is 3. The van der Waals surface area contributed by atoms with Crippen molar-refractivity contribution in [1.82, 2.24) is 14.8 Å². The van der Waals surface area contributed by atoms with Gasteiger partial charge in [0.1, 0.15) is 23.8 Å². The summed E-state index contributed by atoms with van der Waals surface area (Å²) in [4.78, 5) is 4.17. The average molecular weight is 280 g/mol. The molecule has 1 aromatic heterocycles. The second-order valence-corrected chi connectivity index (χ2v) is 5.12. The van der Waals surface area contributed by atoms with Gasteiger partial charge in [0.25, 0.3) is 0 Å². The van der Waals surface area contributed by atoms with Crippen molar-refractivity contribution in [3.05, 3.63) is 47.5 Å². The second-order valence-electron chi connectivity index (χ2n) is 5.12. The Morgan fingerprint density at radius 2 is 2.00 bits per heavy atom. The van der Waals surface area contributed by atoms with Crippen LogP contribution in [0.5, 0.6) is 0 Å². The quantitative estimate of drug-likeness (QED) is 0.914. The first-order chi connectivity index (χ1) is 9.47. The van der Waals surface area contributed by atoms with E-state index in [0.29, 0.717) is 18.4 Å². The van der Waals surface area contributed by atoms with Crippen LogP contribution < -0.4 is 5.73 Å². The summed E-state index contributed by atoms with van der Waals surface area (Å²) in [5.41, 5.74) is 6.44. The SMILES string of the molecule is CC(C)n1ncnc1CC(N)Cc1ccc(F)cc1F. The van der Waals surface area contributed by atoms with E-state index >= 15 is 0 Å². The monoisotopic (exact) mass is 280 g/mol. The normalized spacial score (nSPS) is 12.9. The molecule has 1 aromatic carbocycles. The van der Waals surface area contributed by atoms with Gasteiger partial charge in [-0.05, 0) is 31.9 Å². The van der Waals surface area contributed by atoms with Gasteiger partial charge in [-0.1, -0.05) is 6.07 Å². The summed E-state index contributed by atoms with van der Waals surface area (Å²) < 4.78 is 28.2. The molecule has 1 unspecified atom stereocenters. The Hall–Kier alpha value is -1.82. The summed E-state index contributed by atoms with van der Waals surface area (Å²) in [5.74, 6) is -0.375. The van der Waals surface area contributed by atoms with Gasteiger partial charge in [0.15, 0.2) is 0 Å². The Balaban J connectivity index is 2.05. The highest BCUT2D eigenvalue weighted by molar-refractivity contribution is 5.19. The largest absolute Gasteiger partial charge is 0.327 e. The molecule has 0 amide bonds. The van der Waals surface area contributed by atoms with Gasteiger partial charge >= 0.3 is 0 Å². The smallest absolute Gasteiger partial charge is 0.138 e. The van der Waals surface area contributed by atoms with Crippen molar-refractivity contribution in [2.24, 2.45) is 5.73 Å². The van der Waals surface area contributed by atoms with E-state index in [1.165, 1.54) is 18.5 Å². The van der Waals surface area contributed by atoms with E-state index in [9.17, 15) is 8.78 Å². The van der Waals surface area contributed by atoms with Crippen molar-refractivity contribution in [3.8, 4) is 0 Å². The van der Waals surface area contributed by atoms with Gasteiger partial charge in [-0.15, -0.1) is 0 Å². The molecule has 0 aliphatic heterocycles. The molecular formula is C14H18F2N4. The van der Waals surface area contributed by atoms with E-state index in [1.807, 2.05) is 13.8 Å². The van der Waals surface area contributed by atoms with Crippen LogP contribution in [-0.4, -0.2) is 20.8 Å². The fourth-order valence-corrected chi connectivity index (χ4v) is 2.13. The lowest BCUT2D eigenvalue weighted by Gasteiger charge is -2.14. The van der Waals surface area contributed by atoms with Gasteiger partial charge in [0.2, 0.25) is 0 Å². The number of rotatable bonds is 5. The maximum atomic E-state index is 13.6. The number of nitrogens with two attached hydrogens (primary N) is 1. The standard InChI is InChI=1S/C14H18F2N4/c1-9(2)20-14(18-8-19-20)7-12(17)5-10-3-4-11(15)6-13(10)16/h3-4,6,8-9,12H,5,7,17H2,1-2H3. The molecule has 0 aliphatic carbocycles. The van der Waals surface area contributed by atoms with Gasteiger partial charge in [-0.25, -0.2) is 18.4 Å². The number of nitrogens with zero attached hydrogens (tertiary/aromatic N) is 3. The third-order valence-electron chi connectivity index (χ3n) is 3.08. The molecule has 20 heavy (non-hydrogen) atoms. The van der Waals surface area contributed by atoms with Crippen molar-refractivity contribution in [2.75, 3.05) is 0 Å². The molecule has 0 fully saturated rings. The van der Waals surface area contributed by atoms with Crippen LogP contribution in [0.2, 0.25) is 0 Å². The van der Waals surface area contributed by atoms with Crippen molar-refractivity contribution < 1.29 is 8.78 Å². The topological polar surface area (TPSA) is 56.7 Å². The zero-order valence-electron chi connectivity index (χ0n) is 11.6. The first kappa shape index (κ1) is 14.6. The molecule has 6 heteroatoms. The fourth-order valence-electron chi connectivity index (χ4n) is 2.13. The lowest BCUT2D eigenvalue weighted by Crippen LogP contribution is -2.28. The fraction of sp³-hybridized carbons (Fsp3) is 0.429. The van der Waals surface area contributed by atoms with E-state index in [1.54, 1.807) is 4.68 Å². The van der Waals surface area contributed by atoms with Crippen molar-refractivity contribution in [1.29, 1.82) is 0 Å². The molecule has 0 radical (unpaired) electrons. The molecule has 2 aromatic rings. The summed E-state index contributed by atoms with van der Waals surface area (Å²) in [6.07, 6.45) is 2.31. The van der Waals surface area contributed by atoms with Crippen LogP contribution in [-0.2, 0) is 12.8 Å². The van der Waals surface area contributed by atoms with Crippen LogP contribution in [0.3, 0.4) is 0 Å². The van der Waals surface area contributed by atoms with Gasteiger partial charge in [0, 0.05) is 24.6 Å². The Labute approximate surface area is 116 Å². The van der Waals surface area contributed by atoms with Crippen LogP contribution in [0.25, 0.3) is 0 Å². The molecule has 0 aliphatic rings. The van der Waals surface area contributed by atoms with Gasteiger partial charge in [0.05, 0.1) is 0 Å². The Kier molecular flexibility index (Phi) is 4.44. The highest BCUT2D eigenvalue weighted by atomic mass is 19.1. The lowest BCUT2D eigenvalue weighted by molar-refractivity contribution is 0.486. The minimum atomic E-state index is -0.584. The van der Waals surface area contributed by atoms with E-state index in [0.717, 1.165) is 11.9 Å². The van der Waals surface area contributed by atoms with Gasteiger partial charge in [-0.3, -0.25) is 0 Å². The molecule has 0 bridgehead atoms. The first-order valence-corrected chi connectivity index (χ1v) is 6.55. The second kappa shape index (κ2) is 6.09. The molecule has 4 nitrogen and oxygen atoms in total. The summed E-state index contributed by atoms with van der Waals surface area (Å²) in [6, 6.07) is 3.44. The zero-order valence-corrected chi connectivity index (χ0v) is 11.6. The Bertz CT molecular complexity index is 580. The molecule has 0 saturated carbocycles. The third kappa shape index (κ3) is 3.39. The summed E-state index contributed by atoms with van der Waals surface area (Å²) in [7, 11) is 0. The number of hydrogen-bond donors (Lipinski definition) is 1. The first-order valence-electron chi connectivity index (χ1n) is 6.55. The van der Waals surface area contributed by atoms with Crippen molar-refractivity contribution in [2.45, 2.75) is 38.8 Å². The highest BCUT2D eigenvalue weighted by Gasteiger charge is 2.14. The number of aromatic nitrogens is 3. The number of halogens is 2. The molecule has 108 valence electrons. The molecule has 1 atom stereocenters. The lowest BCUT2D eigenvalue weighted by atomic mass is 10.0. The van der Waals surface area contributed by atoms with Gasteiger partial charge in [-0.2, -0.15) is 5.10 Å². The van der Waals surface area contributed by atoms with E-state index in [4.69, 9.17) is 5.73 Å². The van der Waals surface area contributed by atoms with E-state index in [2.05, 4.69) is 10.1 Å². The van der Waals surface area contributed by atoms with E-state index in [-0.39, 0.29) is 12.1 Å². The Morgan fingerprint density at radius 3 is 2.65 bits per heavy atom. The highest BCUT2D eigenvalue weighted by Crippen LogP contribution is 2.13. The molecule has 0 saturated heterocycles. The predicted molar refractivity (Wildman–Crippen MR) is 72.1 cm³/mol. The van der Waals surface area contributed by atoms with Crippen molar-refractivity contribution >= 4 is 0 Å². The summed E-state index contributed by atoms with van der Waals surface area (Å²) >= 11 is 0. The predicted octanol–water partition coefficient (Wildman–Crippen LogP) is 2.25. The molecule has 0 spiro atoms. The van der Waals surface area contributed by atoms with Gasteiger partial charge < -0.3 is 5.73 Å². The van der Waals surface area contributed by atoms with E-state index < -0.39 is 11.6 Å². The zero-order chi connectivity index (χ0) is 14.7. The molecule has 1 heterocycles. The van der Waals surface area contributed by atoms with Crippen LogP contribution in [0.1, 0.15) is 31.3 Å². The minimum absolute atomic E-state index is 0.197. The molecule has 2 N–H and O–H groups in total. The molecular weight excluding hydrogens is 262 g/mol. The molecule has 2 rings (SSSR count). The number of benzene rings is 1. The van der Waals surface area contributed by atoms with Crippen LogP contribution in [0.4, 0.5) is 8.78 Å². The summed E-state index contributed by atoms with van der Waals surface area (Å²) in [6.45, 7) is 4.01. The van der Waals surface area contributed by atoms with Crippen molar-refractivity contribution in [3.63, 3.8) is 0 Å². The van der Waals surface area contributed by atoms with Crippen LogP contribution >= 0.6 is 0 Å². The summed E-state index contributed by atoms with van der Waals surface area (Å²) in [5, 5.41) is 4.13. The third-order valence-corrected chi connectivity index (χ3v) is 3.08. The Morgan fingerprint density at radius 1 is 1.25 bits per heavy atom. The van der Waals surface area contributed by atoms with Crippen LogP contribution in [0.15, 0.2) is 24.5 Å². The maximum absolute atomic E-state index is 13.6. The average Bonchev–Trinajstić information content (AvgIpc) is 2.81.